The van der Waals surface area contributed by atoms with Gasteiger partial charge in [-0.25, -0.2) is 18.0 Å². The summed E-state index contributed by atoms with van der Waals surface area (Å²) in [7, 11) is -5.14. The smallest absolute Gasteiger partial charge is 0.339 e. The number of nitrogens with two attached hydrogens (primary N) is 1. The van der Waals surface area contributed by atoms with Crippen molar-refractivity contribution in [1.29, 1.82) is 0 Å². The number of nitrogens with zero attached hydrogens (tertiary/aromatic N) is 1. The standard InChI is InChI=1S/C27H36N2O11S/c1-18-9-11-20(12-10-18)41(37,38)29(27(17-31)23(33)22(32)21(15-30)40-27)26(24(34)35,13-5-6-14-28)25(36)39-16-19-7-3-2-4-8-19/h2-4,7-12,21-23,30-33H,5-6,13-17,28H2,1H3,(H,34,35)/t21-,22-,23+,26+,27?/m1/s1. The number of ether oxygens (including phenoxy) is 2. The van der Waals surface area contributed by atoms with Crippen molar-refractivity contribution >= 4 is 22.0 Å². The summed E-state index contributed by atoms with van der Waals surface area (Å²) in [6.07, 6.45) is -6.50. The van der Waals surface area contributed by atoms with Crippen molar-refractivity contribution < 1.29 is 53.0 Å². The highest BCUT2D eigenvalue weighted by molar-refractivity contribution is 7.89. The van der Waals surface area contributed by atoms with Crippen LogP contribution >= 0.6 is 0 Å². The summed E-state index contributed by atoms with van der Waals surface area (Å²) in [5, 5.41) is 52.8. The SMILES string of the molecule is Cc1ccc(S(=O)(=O)N(C2(CO)O[C@H](CO)[C@@H](O)[C@@H]2O)[C@@](CCCCN)(C(=O)O)C(=O)OCc2ccccc2)cc1. The molecule has 13 nitrogen and oxygen atoms in total. The Kier molecular flexibility index (Phi) is 10.6. The number of aryl methyl sites for hydroxylation is 1. The predicted octanol–water partition coefficient (Wildman–Crippen LogP) is -0.517. The summed E-state index contributed by atoms with van der Waals surface area (Å²) in [5.41, 5.74) is 0.685. The van der Waals surface area contributed by atoms with Crippen molar-refractivity contribution in [3.63, 3.8) is 0 Å². The Hall–Kier alpha value is -2.95. The third-order valence-corrected chi connectivity index (χ3v) is 9.04. The Morgan fingerprint density at radius 3 is 2.22 bits per heavy atom. The van der Waals surface area contributed by atoms with E-state index in [2.05, 4.69) is 0 Å². The second kappa shape index (κ2) is 13.4. The van der Waals surface area contributed by atoms with E-state index in [-0.39, 0.29) is 23.7 Å². The first-order chi connectivity index (χ1) is 19.4. The number of hydrogen-bond donors (Lipinski definition) is 6. The van der Waals surface area contributed by atoms with E-state index in [1.54, 1.807) is 37.3 Å². The molecule has 1 unspecified atom stereocenters. The molecule has 14 heteroatoms. The number of carbonyl (C=O) groups is 2. The van der Waals surface area contributed by atoms with Gasteiger partial charge in [-0.05, 0) is 50.4 Å². The van der Waals surface area contributed by atoms with Gasteiger partial charge in [0.1, 0.15) is 24.9 Å². The fraction of sp³-hybridized carbons (Fsp3) is 0.481. The fourth-order valence-electron chi connectivity index (χ4n) is 4.86. The topological polar surface area (TPSA) is 217 Å². The number of unbranched alkanes of at least 4 members (excludes halogenated alkanes) is 1. The molecule has 226 valence electrons. The fourth-order valence-corrected chi connectivity index (χ4v) is 6.82. The van der Waals surface area contributed by atoms with E-state index >= 15 is 0 Å². The van der Waals surface area contributed by atoms with Gasteiger partial charge in [0.2, 0.25) is 15.6 Å². The van der Waals surface area contributed by atoms with Gasteiger partial charge in [-0.1, -0.05) is 48.0 Å². The maximum absolute atomic E-state index is 14.4. The summed E-state index contributed by atoms with van der Waals surface area (Å²) in [6.45, 7) is -0.990. The number of hydrogen-bond acceptors (Lipinski definition) is 11. The van der Waals surface area contributed by atoms with Crippen LogP contribution in [0.1, 0.15) is 30.4 Å². The molecule has 2 aromatic rings. The number of sulfonamides is 1. The lowest BCUT2D eigenvalue weighted by atomic mass is 9.89. The van der Waals surface area contributed by atoms with Gasteiger partial charge < -0.3 is 40.7 Å². The zero-order valence-electron chi connectivity index (χ0n) is 22.5. The first kappa shape index (κ1) is 32.6. The van der Waals surface area contributed by atoms with Gasteiger partial charge in [0, 0.05) is 0 Å². The molecule has 7 N–H and O–H groups in total. The van der Waals surface area contributed by atoms with E-state index in [1.807, 2.05) is 0 Å². The third-order valence-electron chi connectivity index (χ3n) is 7.08. The number of carboxylic acid groups (broad SMARTS) is 1. The molecule has 1 aliphatic heterocycles. The van der Waals surface area contributed by atoms with Gasteiger partial charge in [0.05, 0.1) is 18.1 Å². The van der Waals surface area contributed by atoms with Gasteiger partial charge in [-0.3, -0.25) is 0 Å². The Morgan fingerprint density at radius 1 is 1.07 bits per heavy atom. The van der Waals surface area contributed by atoms with Crippen LogP contribution < -0.4 is 5.73 Å². The molecule has 0 saturated carbocycles. The minimum Gasteiger partial charge on any atom is -0.479 e. The summed E-state index contributed by atoms with van der Waals surface area (Å²) in [5.74, 6) is -3.50. The molecule has 3 rings (SSSR count). The van der Waals surface area contributed by atoms with E-state index in [4.69, 9.17) is 15.2 Å². The van der Waals surface area contributed by atoms with Crippen molar-refractivity contribution in [3.8, 4) is 0 Å². The Morgan fingerprint density at radius 2 is 1.71 bits per heavy atom. The molecular weight excluding hydrogens is 560 g/mol. The molecular formula is C27H36N2O11S. The first-order valence-corrected chi connectivity index (χ1v) is 14.4. The monoisotopic (exact) mass is 596 g/mol. The number of carbonyl (C=O) groups excluding carboxylic acids is 1. The number of aliphatic carboxylic acids is 1. The second-order valence-corrected chi connectivity index (χ2v) is 11.6. The average molecular weight is 597 g/mol. The molecule has 0 bridgehead atoms. The summed E-state index contributed by atoms with van der Waals surface area (Å²) in [6, 6.07) is 13.4. The lowest BCUT2D eigenvalue weighted by Gasteiger charge is -2.47. The van der Waals surface area contributed by atoms with Crippen molar-refractivity contribution in [1.82, 2.24) is 4.31 Å². The van der Waals surface area contributed by atoms with Crippen molar-refractivity contribution in [3.05, 3.63) is 65.7 Å². The van der Waals surface area contributed by atoms with E-state index in [9.17, 15) is 43.5 Å². The quantitative estimate of drug-likeness (QED) is 0.0923. The molecule has 41 heavy (non-hydrogen) atoms. The Labute approximate surface area is 237 Å². The van der Waals surface area contributed by atoms with E-state index < -0.39 is 82.7 Å². The molecule has 0 amide bonds. The molecule has 0 aromatic heterocycles. The van der Waals surface area contributed by atoms with Gasteiger partial charge in [-0.15, -0.1) is 4.31 Å². The van der Waals surface area contributed by atoms with E-state index in [1.165, 1.54) is 12.1 Å². The molecule has 1 fully saturated rings. The summed E-state index contributed by atoms with van der Waals surface area (Å²) >= 11 is 0. The van der Waals surface area contributed by atoms with Gasteiger partial charge in [0.15, 0.2) is 5.72 Å². The zero-order chi connectivity index (χ0) is 30.4. The van der Waals surface area contributed by atoms with Crippen LogP contribution in [0.15, 0.2) is 59.5 Å². The minimum absolute atomic E-state index is 0.0784. The number of aliphatic hydroxyl groups excluding tert-OH is 4. The Bertz CT molecular complexity index is 1290. The van der Waals surface area contributed by atoms with Crippen LogP contribution in [0.3, 0.4) is 0 Å². The van der Waals surface area contributed by atoms with Crippen LogP contribution in [0.5, 0.6) is 0 Å². The van der Waals surface area contributed by atoms with E-state index in [0.29, 0.717) is 11.1 Å². The molecule has 1 aliphatic rings. The number of esters is 1. The van der Waals surface area contributed by atoms with Crippen molar-refractivity contribution in [2.75, 3.05) is 19.8 Å². The van der Waals surface area contributed by atoms with Gasteiger partial charge in [0.25, 0.3) is 0 Å². The number of aliphatic hydroxyl groups is 4. The van der Waals surface area contributed by atoms with E-state index in [0.717, 1.165) is 12.1 Å². The highest BCUT2D eigenvalue weighted by Gasteiger charge is 2.70. The normalized spacial score (nSPS) is 24.2. The van der Waals surface area contributed by atoms with Crippen LogP contribution in [0, 0.1) is 6.92 Å². The third kappa shape index (κ3) is 6.15. The first-order valence-electron chi connectivity index (χ1n) is 12.9. The molecule has 2 aromatic carbocycles. The van der Waals surface area contributed by atoms with Crippen LogP contribution in [0.4, 0.5) is 0 Å². The average Bonchev–Trinajstić information content (AvgIpc) is 3.21. The number of benzene rings is 2. The lowest BCUT2D eigenvalue weighted by molar-refractivity contribution is -0.217. The maximum atomic E-state index is 14.4. The molecule has 1 heterocycles. The molecule has 0 spiro atoms. The molecule has 0 aliphatic carbocycles. The highest BCUT2D eigenvalue weighted by atomic mass is 32.2. The van der Waals surface area contributed by atoms with Gasteiger partial charge in [-0.2, -0.15) is 0 Å². The second-order valence-electron chi connectivity index (χ2n) is 9.83. The lowest BCUT2D eigenvalue weighted by Crippen LogP contribution is -2.74. The largest absolute Gasteiger partial charge is 0.479 e. The molecule has 0 radical (unpaired) electrons. The maximum Gasteiger partial charge on any atom is 0.339 e. The number of carboxylic acids is 1. The van der Waals surface area contributed by atoms with Crippen LogP contribution in [-0.2, 0) is 35.7 Å². The van der Waals surface area contributed by atoms with Crippen molar-refractivity contribution in [2.45, 2.75) is 67.3 Å². The summed E-state index contributed by atoms with van der Waals surface area (Å²) < 4.78 is 39.9. The van der Waals surface area contributed by atoms with Crippen molar-refractivity contribution in [2.24, 2.45) is 5.73 Å². The predicted molar refractivity (Wildman–Crippen MR) is 144 cm³/mol. The molecule has 5 atom stereocenters. The van der Waals surface area contributed by atoms with Crippen LogP contribution in [0.2, 0.25) is 0 Å². The zero-order valence-corrected chi connectivity index (χ0v) is 23.3. The van der Waals surface area contributed by atoms with Crippen LogP contribution in [0.25, 0.3) is 0 Å². The Balaban J connectivity index is 2.33. The minimum atomic E-state index is -5.14. The number of rotatable bonds is 14. The highest BCUT2D eigenvalue weighted by Crippen LogP contribution is 2.44. The molecule has 1 saturated heterocycles. The summed E-state index contributed by atoms with van der Waals surface area (Å²) in [4.78, 5) is 26.7. The van der Waals surface area contributed by atoms with Crippen LogP contribution in [-0.4, -0.2) is 99.5 Å². The van der Waals surface area contributed by atoms with Gasteiger partial charge >= 0.3 is 11.9 Å².